The summed E-state index contributed by atoms with van der Waals surface area (Å²) in [5.74, 6) is 0. The van der Waals surface area contributed by atoms with E-state index in [4.69, 9.17) is 4.74 Å². The number of hydrogen-bond acceptors (Lipinski definition) is 4. The minimum Gasteiger partial charge on any atom is -0.381 e. The molecule has 0 spiro atoms. The molecular weight excluding hydrogens is 244 g/mol. The molecule has 0 fully saturated rings. The Morgan fingerprint density at radius 2 is 2.05 bits per heavy atom. The van der Waals surface area contributed by atoms with Crippen molar-refractivity contribution in [1.29, 1.82) is 0 Å². The van der Waals surface area contributed by atoms with Crippen LogP contribution < -0.4 is 5.32 Å². The second-order valence-electron chi connectivity index (χ2n) is 4.35. The van der Waals surface area contributed by atoms with Crippen molar-refractivity contribution in [2.75, 3.05) is 26.3 Å². The lowest BCUT2D eigenvalue weighted by Crippen LogP contribution is -2.20. The molecule has 0 saturated heterocycles. The van der Waals surface area contributed by atoms with Gasteiger partial charge in [-0.3, -0.25) is 10.1 Å². The Balaban J connectivity index is 2.17. The molecule has 0 aliphatic carbocycles. The lowest BCUT2D eigenvalue weighted by atomic mass is 10.1. The molecule has 0 bridgehead atoms. The molecule has 0 aromatic heterocycles. The van der Waals surface area contributed by atoms with Crippen LogP contribution in [0.2, 0.25) is 0 Å². The van der Waals surface area contributed by atoms with E-state index < -0.39 is 0 Å². The van der Waals surface area contributed by atoms with Crippen LogP contribution in [0.1, 0.15) is 25.3 Å². The Labute approximate surface area is 114 Å². The van der Waals surface area contributed by atoms with Crippen LogP contribution >= 0.6 is 0 Å². The molecule has 0 radical (unpaired) electrons. The normalized spacial score (nSPS) is 10.6. The zero-order chi connectivity index (χ0) is 13.9. The standard InChI is InChI=1S/C14H22N2O3/c1-2-11-19-12-5-9-15-10-8-13-6-3-4-7-14(13)16(17)18/h3-4,6-7,15H,2,5,8-12H2,1H3. The van der Waals surface area contributed by atoms with Crippen LogP contribution in [-0.4, -0.2) is 31.2 Å². The topological polar surface area (TPSA) is 64.4 Å². The number of nitrogens with one attached hydrogen (secondary N) is 1. The number of nitro benzene ring substituents is 1. The number of benzene rings is 1. The van der Waals surface area contributed by atoms with E-state index in [1.807, 2.05) is 12.1 Å². The minimum absolute atomic E-state index is 0.204. The van der Waals surface area contributed by atoms with Crippen LogP contribution in [0.3, 0.4) is 0 Å². The van der Waals surface area contributed by atoms with E-state index in [0.29, 0.717) is 6.42 Å². The van der Waals surface area contributed by atoms with Crippen LogP contribution in [-0.2, 0) is 11.2 Å². The van der Waals surface area contributed by atoms with Gasteiger partial charge in [-0.1, -0.05) is 25.1 Å². The van der Waals surface area contributed by atoms with Gasteiger partial charge >= 0.3 is 0 Å². The lowest BCUT2D eigenvalue weighted by molar-refractivity contribution is -0.385. The third kappa shape index (κ3) is 6.31. The summed E-state index contributed by atoms with van der Waals surface area (Å²) in [5.41, 5.74) is 0.984. The van der Waals surface area contributed by atoms with Crippen molar-refractivity contribution in [3.8, 4) is 0 Å². The summed E-state index contributed by atoms with van der Waals surface area (Å²) >= 11 is 0. The molecule has 0 amide bonds. The van der Waals surface area contributed by atoms with Crippen molar-refractivity contribution in [2.24, 2.45) is 0 Å². The molecule has 0 unspecified atom stereocenters. The van der Waals surface area contributed by atoms with E-state index in [2.05, 4.69) is 12.2 Å². The summed E-state index contributed by atoms with van der Waals surface area (Å²) in [5, 5.41) is 14.1. The van der Waals surface area contributed by atoms with Gasteiger partial charge in [0.05, 0.1) is 4.92 Å². The molecule has 1 N–H and O–H groups in total. The van der Waals surface area contributed by atoms with Gasteiger partial charge in [-0.15, -0.1) is 0 Å². The molecule has 106 valence electrons. The van der Waals surface area contributed by atoms with Gasteiger partial charge < -0.3 is 10.1 Å². The molecule has 0 aliphatic heterocycles. The number of hydrogen-bond donors (Lipinski definition) is 1. The molecule has 5 heteroatoms. The SMILES string of the molecule is CCCOCCCNCCc1ccccc1[N+](=O)[O-]. The second-order valence-corrected chi connectivity index (χ2v) is 4.35. The van der Waals surface area contributed by atoms with Crippen molar-refractivity contribution in [3.63, 3.8) is 0 Å². The Kier molecular flexibility index (Phi) is 7.77. The molecule has 1 aromatic rings. The summed E-state index contributed by atoms with van der Waals surface area (Å²) in [4.78, 5) is 10.5. The van der Waals surface area contributed by atoms with Crippen LogP contribution in [0.4, 0.5) is 5.69 Å². The van der Waals surface area contributed by atoms with Gasteiger partial charge in [0.1, 0.15) is 0 Å². The van der Waals surface area contributed by atoms with Gasteiger partial charge in [0.2, 0.25) is 0 Å². The van der Waals surface area contributed by atoms with E-state index in [9.17, 15) is 10.1 Å². The first-order valence-electron chi connectivity index (χ1n) is 6.76. The molecule has 0 heterocycles. The fraction of sp³-hybridized carbons (Fsp3) is 0.571. The van der Waals surface area contributed by atoms with Crippen LogP contribution in [0, 0.1) is 10.1 Å². The fourth-order valence-corrected chi connectivity index (χ4v) is 1.79. The zero-order valence-electron chi connectivity index (χ0n) is 11.4. The predicted molar refractivity (Wildman–Crippen MR) is 75.4 cm³/mol. The van der Waals surface area contributed by atoms with Gasteiger partial charge in [0.15, 0.2) is 0 Å². The number of ether oxygens (including phenoxy) is 1. The van der Waals surface area contributed by atoms with Gasteiger partial charge in [-0.05, 0) is 32.4 Å². The maximum Gasteiger partial charge on any atom is 0.272 e. The van der Waals surface area contributed by atoms with E-state index in [1.54, 1.807) is 12.1 Å². The monoisotopic (exact) mass is 266 g/mol. The molecule has 0 atom stereocenters. The third-order valence-corrected chi connectivity index (χ3v) is 2.75. The summed E-state index contributed by atoms with van der Waals surface area (Å²) in [6.07, 6.45) is 2.69. The van der Waals surface area contributed by atoms with E-state index in [-0.39, 0.29) is 10.6 Å². The average Bonchev–Trinajstić information content (AvgIpc) is 2.42. The summed E-state index contributed by atoms with van der Waals surface area (Å²) in [7, 11) is 0. The van der Waals surface area contributed by atoms with E-state index in [0.717, 1.165) is 44.7 Å². The van der Waals surface area contributed by atoms with Crippen molar-refractivity contribution < 1.29 is 9.66 Å². The molecule has 19 heavy (non-hydrogen) atoms. The van der Waals surface area contributed by atoms with E-state index >= 15 is 0 Å². The van der Waals surface area contributed by atoms with Crippen molar-refractivity contribution in [3.05, 3.63) is 39.9 Å². The van der Waals surface area contributed by atoms with Crippen LogP contribution in [0.25, 0.3) is 0 Å². The smallest absolute Gasteiger partial charge is 0.272 e. The van der Waals surface area contributed by atoms with Gasteiger partial charge in [-0.2, -0.15) is 0 Å². The quantitative estimate of drug-likeness (QED) is 0.401. The Hall–Kier alpha value is -1.46. The minimum atomic E-state index is -0.325. The van der Waals surface area contributed by atoms with Crippen molar-refractivity contribution in [2.45, 2.75) is 26.2 Å². The Morgan fingerprint density at radius 1 is 1.26 bits per heavy atom. The lowest BCUT2D eigenvalue weighted by Gasteiger charge is -2.06. The van der Waals surface area contributed by atoms with Gasteiger partial charge in [0.25, 0.3) is 5.69 Å². The Bertz CT molecular complexity index is 383. The first kappa shape index (κ1) is 15.6. The molecule has 1 rings (SSSR count). The van der Waals surface area contributed by atoms with Gasteiger partial charge in [-0.25, -0.2) is 0 Å². The Morgan fingerprint density at radius 3 is 2.79 bits per heavy atom. The molecular formula is C14H22N2O3. The number of rotatable bonds is 10. The van der Waals surface area contributed by atoms with Crippen molar-refractivity contribution >= 4 is 5.69 Å². The van der Waals surface area contributed by atoms with Crippen LogP contribution in [0.5, 0.6) is 0 Å². The molecule has 5 nitrogen and oxygen atoms in total. The first-order valence-corrected chi connectivity index (χ1v) is 6.76. The zero-order valence-corrected chi connectivity index (χ0v) is 11.4. The average molecular weight is 266 g/mol. The molecule has 0 saturated carbocycles. The number of nitrogens with zero attached hydrogens (tertiary/aromatic N) is 1. The first-order chi connectivity index (χ1) is 9.25. The number of para-hydroxylation sites is 1. The fourth-order valence-electron chi connectivity index (χ4n) is 1.79. The summed E-state index contributed by atoms with van der Waals surface area (Å²) < 4.78 is 5.37. The maximum absolute atomic E-state index is 10.8. The van der Waals surface area contributed by atoms with Crippen LogP contribution in [0.15, 0.2) is 24.3 Å². The molecule has 1 aromatic carbocycles. The maximum atomic E-state index is 10.8. The molecule has 0 aliphatic rings. The highest BCUT2D eigenvalue weighted by Gasteiger charge is 2.10. The predicted octanol–water partition coefficient (Wildman–Crippen LogP) is 2.54. The highest BCUT2D eigenvalue weighted by molar-refractivity contribution is 5.39. The number of nitro groups is 1. The van der Waals surface area contributed by atoms with E-state index in [1.165, 1.54) is 0 Å². The van der Waals surface area contributed by atoms with Crippen molar-refractivity contribution in [1.82, 2.24) is 5.32 Å². The highest BCUT2D eigenvalue weighted by Crippen LogP contribution is 2.17. The highest BCUT2D eigenvalue weighted by atomic mass is 16.6. The summed E-state index contributed by atoms with van der Waals surface area (Å²) in [6.45, 7) is 5.30. The largest absolute Gasteiger partial charge is 0.381 e. The second kappa shape index (κ2) is 9.47. The third-order valence-electron chi connectivity index (χ3n) is 2.75. The van der Waals surface area contributed by atoms with Gasteiger partial charge in [0, 0.05) is 24.8 Å². The summed E-state index contributed by atoms with van der Waals surface area (Å²) in [6, 6.07) is 6.89.